The van der Waals surface area contributed by atoms with Gasteiger partial charge < -0.3 is 4.74 Å². The first-order valence-corrected chi connectivity index (χ1v) is 8.56. The molecule has 1 nitrogen and oxygen atoms in total. The Morgan fingerprint density at radius 2 is 1.75 bits per heavy atom. The molecule has 0 aliphatic heterocycles. The molecule has 0 radical (unpaired) electrons. The molecule has 1 saturated carbocycles. The molecular formula is C19H22F4O. The highest BCUT2D eigenvalue weighted by molar-refractivity contribution is 5.39. The van der Waals surface area contributed by atoms with Crippen molar-refractivity contribution < 1.29 is 22.3 Å². The van der Waals surface area contributed by atoms with Crippen molar-refractivity contribution in [3.8, 4) is 5.75 Å². The van der Waals surface area contributed by atoms with Crippen LogP contribution in [0.2, 0.25) is 0 Å². The molecule has 1 fully saturated rings. The van der Waals surface area contributed by atoms with Crippen LogP contribution in [-0.4, -0.2) is 6.36 Å². The van der Waals surface area contributed by atoms with Crippen molar-refractivity contribution in [2.24, 2.45) is 17.8 Å². The molecule has 1 aromatic rings. The van der Waals surface area contributed by atoms with E-state index in [1.54, 1.807) is 6.07 Å². The molecule has 5 heteroatoms. The minimum Gasteiger partial charge on any atom is -0.403 e. The first kappa shape index (κ1) is 17.3. The number of allylic oxidation sites excluding steroid dienone is 1. The van der Waals surface area contributed by atoms with E-state index < -0.39 is 17.9 Å². The summed E-state index contributed by atoms with van der Waals surface area (Å²) in [7, 11) is 0. The lowest BCUT2D eigenvalue weighted by Gasteiger charge is -2.36. The number of ether oxygens (including phenoxy) is 1. The molecule has 0 amide bonds. The number of hydrogen-bond acceptors (Lipinski definition) is 1. The summed E-state index contributed by atoms with van der Waals surface area (Å²) in [6, 6.07) is 2.71. The van der Waals surface area contributed by atoms with Crippen LogP contribution in [0, 0.1) is 23.6 Å². The van der Waals surface area contributed by atoms with Crippen LogP contribution in [0.3, 0.4) is 0 Å². The SMILES string of the molecule is C=CC1CCC(C2CCc3c(ccc(OC(F)(F)F)c3F)C2)CC1. The van der Waals surface area contributed by atoms with Crippen LogP contribution in [0.5, 0.6) is 5.75 Å². The predicted octanol–water partition coefficient (Wildman–Crippen LogP) is 5.82. The Morgan fingerprint density at radius 1 is 1.04 bits per heavy atom. The number of alkyl halides is 3. The van der Waals surface area contributed by atoms with Crippen LogP contribution in [0.25, 0.3) is 0 Å². The van der Waals surface area contributed by atoms with Crippen molar-refractivity contribution in [1.29, 1.82) is 0 Å². The van der Waals surface area contributed by atoms with Gasteiger partial charge in [-0.25, -0.2) is 4.39 Å². The first-order chi connectivity index (χ1) is 11.4. The molecular weight excluding hydrogens is 320 g/mol. The Bertz CT molecular complexity index is 600. The molecule has 0 spiro atoms. The minimum atomic E-state index is -4.87. The van der Waals surface area contributed by atoms with Crippen LogP contribution in [0.1, 0.15) is 43.2 Å². The smallest absolute Gasteiger partial charge is 0.403 e. The Labute approximate surface area is 139 Å². The van der Waals surface area contributed by atoms with Crippen molar-refractivity contribution in [3.05, 3.63) is 41.7 Å². The maximum absolute atomic E-state index is 14.3. The average Bonchev–Trinajstić information content (AvgIpc) is 2.56. The average molecular weight is 342 g/mol. The predicted molar refractivity (Wildman–Crippen MR) is 84.2 cm³/mol. The lowest BCUT2D eigenvalue weighted by molar-refractivity contribution is -0.275. The Morgan fingerprint density at radius 3 is 2.38 bits per heavy atom. The van der Waals surface area contributed by atoms with Crippen LogP contribution in [0.15, 0.2) is 24.8 Å². The van der Waals surface area contributed by atoms with Gasteiger partial charge in [-0.3, -0.25) is 0 Å². The van der Waals surface area contributed by atoms with E-state index in [1.165, 1.54) is 0 Å². The summed E-state index contributed by atoms with van der Waals surface area (Å²) in [5.41, 5.74) is 1.23. The van der Waals surface area contributed by atoms with E-state index in [2.05, 4.69) is 11.3 Å². The van der Waals surface area contributed by atoms with Gasteiger partial charge in [-0.2, -0.15) is 0 Å². The third kappa shape index (κ3) is 3.76. The summed E-state index contributed by atoms with van der Waals surface area (Å²) in [6.45, 7) is 3.86. The van der Waals surface area contributed by atoms with E-state index >= 15 is 0 Å². The molecule has 1 aromatic carbocycles. The quantitative estimate of drug-likeness (QED) is 0.497. The van der Waals surface area contributed by atoms with E-state index in [0.717, 1.165) is 50.2 Å². The summed E-state index contributed by atoms with van der Waals surface area (Å²) >= 11 is 0. The van der Waals surface area contributed by atoms with Gasteiger partial charge in [-0.15, -0.1) is 19.8 Å². The van der Waals surface area contributed by atoms with Gasteiger partial charge in [0.05, 0.1) is 0 Å². The van der Waals surface area contributed by atoms with E-state index in [1.807, 2.05) is 6.08 Å². The Balaban J connectivity index is 1.70. The van der Waals surface area contributed by atoms with Gasteiger partial charge in [0.25, 0.3) is 0 Å². The fourth-order valence-corrected chi connectivity index (χ4v) is 4.27. The van der Waals surface area contributed by atoms with Crippen LogP contribution < -0.4 is 4.74 Å². The second-order valence-corrected chi connectivity index (χ2v) is 6.98. The molecule has 2 aliphatic rings. The molecule has 24 heavy (non-hydrogen) atoms. The highest BCUT2D eigenvalue weighted by Crippen LogP contribution is 2.41. The van der Waals surface area contributed by atoms with E-state index in [-0.39, 0.29) is 0 Å². The normalized spacial score (nSPS) is 27.4. The second kappa shape index (κ2) is 6.77. The van der Waals surface area contributed by atoms with Crippen molar-refractivity contribution in [3.63, 3.8) is 0 Å². The topological polar surface area (TPSA) is 9.23 Å². The Kier molecular flexibility index (Phi) is 4.88. The lowest BCUT2D eigenvalue weighted by atomic mass is 9.70. The van der Waals surface area contributed by atoms with Gasteiger partial charge in [0.2, 0.25) is 0 Å². The lowest BCUT2D eigenvalue weighted by Crippen LogP contribution is -2.27. The van der Waals surface area contributed by atoms with Gasteiger partial charge >= 0.3 is 6.36 Å². The molecule has 1 unspecified atom stereocenters. The molecule has 0 aromatic heterocycles. The summed E-state index contributed by atoms with van der Waals surface area (Å²) < 4.78 is 55.1. The van der Waals surface area contributed by atoms with Gasteiger partial charge in [0, 0.05) is 0 Å². The van der Waals surface area contributed by atoms with E-state index in [9.17, 15) is 17.6 Å². The molecule has 0 saturated heterocycles. The molecule has 0 bridgehead atoms. The number of fused-ring (bicyclic) bond motifs is 1. The summed E-state index contributed by atoms with van der Waals surface area (Å²) in [6.07, 6.45) is 3.88. The van der Waals surface area contributed by atoms with Crippen LogP contribution in [0.4, 0.5) is 17.6 Å². The number of rotatable bonds is 3. The molecule has 0 N–H and O–H groups in total. The van der Waals surface area contributed by atoms with Crippen molar-refractivity contribution in [2.75, 3.05) is 0 Å². The first-order valence-electron chi connectivity index (χ1n) is 8.56. The van der Waals surface area contributed by atoms with Gasteiger partial charge in [0.1, 0.15) is 0 Å². The number of benzene rings is 1. The summed E-state index contributed by atoms with van der Waals surface area (Å²) in [4.78, 5) is 0. The van der Waals surface area contributed by atoms with Gasteiger partial charge in [-0.1, -0.05) is 12.1 Å². The van der Waals surface area contributed by atoms with Crippen molar-refractivity contribution >= 4 is 0 Å². The molecule has 132 valence electrons. The monoisotopic (exact) mass is 342 g/mol. The number of halogens is 4. The fraction of sp³-hybridized carbons (Fsp3) is 0.579. The zero-order valence-corrected chi connectivity index (χ0v) is 13.5. The zero-order chi connectivity index (χ0) is 17.3. The third-order valence-corrected chi connectivity index (χ3v) is 5.59. The molecule has 1 atom stereocenters. The standard InChI is InChI=1S/C19H22F4O/c1-2-12-3-5-13(6-4-12)14-7-9-16-15(11-14)8-10-17(18(16)20)24-19(21,22)23/h2,8,10,12-14H,1,3-7,9,11H2. The number of hydrogen-bond donors (Lipinski definition) is 0. The maximum Gasteiger partial charge on any atom is 0.573 e. The van der Waals surface area contributed by atoms with Crippen molar-refractivity contribution in [1.82, 2.24) is 0 Å². The highest BCUT2D eigenvalue weighted by atomic mass is 19.4. The van der Waals surface area contributed by atoms with Crippen LogP contribution >= 0.6 is 0 Å². The van der Waals surface area contributed by atoms with Gasteiger partial charge in [0.15, 0.2) is 11.6 Å². The summed E-state index contributed by atoms with van der Waals surface area (Å²) in [5, 5.41) is 0. The molecule has 3 rings (SSSR count). The van der Waals surface area contributed by atoms with Crippen molar-refractivity contribution in [2.45, 2.75) is 51.3 Å². The van der Waals surface area contributed by atoms with Crippen LogP contribution in [-0.2, 0) is 12.8 Å². The maximum atomic E-state index is 14.3. The van der Waals surface area contributed by atoms with E-state index in [4.69, 9.17) is 0 Å². The third-order valence-electron chi connectivity index (χ3n) is 5.59. The second-order valence-electron chi connectivity index (χ2n) is 6.98. The largest absolute Gasteiger partial charge is 0.573 e. The zero-order valence-electron chi connectivity index (χ0n) is 13.5. The highest BCUT2D eigenvalue weighted by Gasteiger charge is 2.35. The summed E-state index contributed by atoms with van der Waals surface area (Å²) in [5.74, 6) is 0.169. The molecule has 0 heterocycles. The van der Waals surface area contributed by atoms with Gasteiger partial charge in [-0.05, 0) is 79.9 Å². The van der Waals surface area contributed by atoms with E-state index in [0.29, 0.717) is 29.7 Å². The fourth-order valence-electron chi connectivity index (χ4n) is 4.27. The minimum absolute atomic E-state index is 0.396. The Hall–Kier alpha value is -1.52. The molecule has 2 aliphatic carbocycles.